The molecular weight excluding hydrogens is 492 g/mol. The van der Waals surface area contributed by atoms with E-state index in [1.165, 1.54) is 41.0 Å². The van der Waals surface area contributed by atoms with Crippen molar-refractivity contribution in [2.75, 3.05) is 40.4 Å². The molecule has 2 heterocycles. The highest BCUT2D eigenvalue weighted by atomic mass is 32.2. The summed E-state index contributed by atoms with van der Waals surface area (Å²) >= 11 is 0. The molecule has 10 nitrogen and oxygen atoms in total. The molecule has 0 saturated carbocycles. The van der Waals surface area contributed by atoms with Crippen molar-refractivity contribution in [2.45, 2.75) is 23.6 Å². The van der Waals surface area contributed by atoms with Gasteiger partial charge in [-0.25, -0.2) is 21.5 Å². The molecule has 0 spiro atoms. The van der Waals surface area contributed by atoms with Gasteiger partial charge in [-0.3, -0.25) is 0 Å². The molecule has 0 amide bonds. The predicted octanol–water partition coefficient (Wildman–Crippen LogP) is 2.20. The average molecular weight is 521 g/mol. The summed E-state index contributed by atoms with van der Waals surface area (Å²) in [6.07, 6.45) is 0. The van der Waals surface area contributed by atoms with Gasteiger partial charge in [0.15, 0.2) is 11.5 Å². The van der Waals surface area contributed by atoms with Crippen molar-refractivity contribution in [3.05, 3.63) is 59.9 Å². The van der Waals surface area contributed by atoms with Crippen LogP contribution in [0.3, 0.4) is 0 Å². The summed E-state index contributed by atoms with van der Waals surface area (Å²) in [5.74, 6) is 0.723. The second kappa shape index (κ2) is 9.61. The first-order chi connectivity index (χ1) is 16.6. The van der Waals surface area contributed by atoms with Crippen molar-refractivity contribution in [1.82, 2.24) is 18.4 Å². The Hall–Kier alpha value is -2.93. The minimum absolute atomic E-state index is 0.0286. The lowest BCUT2D eigenvalue weighted by atomic mass is 10.3. The second-order valence-corrected chi connectivity index (χ2v) is 11.9. The van der Waals surface area contributed by atoms with Gasteiger partial charge in [0.25, 0.3) is 0 Å². The largest absolute Gasteiger partial charge is 0.493 e. The Balaban J connectivity index is 1.55. The third kappa shape index (κ3) is 4.54. The molecule has 12 heteroatoms. The zero-order valence-corrected chi connectivity index (χ0v) is 21.6. The molecule has 0 atom stereocenters. The van der Waals surface area contributed by atoms with Crippen molar-refractivity contribution in [2.24, 2.45) is 0 Å². The molecule has 1 aliphatic rings. The van der Waals surface area contributed by atoms with Crippen LogP contribution in [-0.2, 0) is 20.0 Å². The van der Waals surface area contributed by atoms with Crippen molar-refractivity contribution in [3.63, 3.8) is 0 Å². The van der Waals surface area contributed by atoms with Gasteiger partial charge in [0.1, 0.15) is 4.90 Å². The lowest BCUT2D eigenvalue weighted by Crippen LogP contribution is -2.50. The summed E-state index contributed by atoms with van der Waals surface area (Å²) < 4.78 is 68.1. The summed E-state index contributed by atoms with van der Waals surface area (Å²) in [4.78, 5) is 0.208. The Bertz CT molecular complexity index is 1430. The van der Waals surface area contributed by atoms with Gasteiger partial charge in [0, 0.05) is 32.2 Å². The summed E-state index contributed by atoms with van der Waals surface area (Å²) in [7, 11) is -4.81. The Labute approximate surface area is 205 Å². The maximum atomic E-state index is 13.5. The lowest BCUT2D eigenvalue weighted by Gasteiger charge is -2.33. The van der Waals surface area contributed by atoms with Gasteiger partial charge in [-0.15, -0.1) is 0 Å². The minimum atomic E-state index is -3.87. The first kappa shape index (κ1) is 25.2. The predicted molar refractivity (Wildman–Crippen MR) is 130 cm³/mol. The number of aryl methyl sites for hydroxylation is 1. The molecule has 188 valence electrons. The van der Waals surface area contributed by atoms with Crippen LogP contribution in [0.4, 0.5) is 0 Å². The fourth-order valence-electron chi connectivity index (χ4n) is 4.23. The molecule has 1 saturated heterocycles. The molecule has 0 aliphatic carbocycles. The normalized spacial score (nSPS) is 15.8. The molecule has 2 aromatic carbocycles. The number of ether oxygens (including phenoxy) is 2. The van der Waals surface area contributed by atoms with Gasteiger partial charge in [-0.05, 0) is 38.1 Å². The number of hydrogen-bond donors (Lipinski definition) is 0. The Morgan fingerprint density at radius 1 is 0.771 bits per heavy atom. The minimum Gasteiger partial charge on any atom is -0.493 e. The van der Waals surface area contributed by atoms with E-state index in [2.05, 4.69) is 5.10 Å². The molecule has 0 bridgehead atoms. The molecular formula is C23H28N4O6S2. The van der Waals surface area contributed by atoms with Gasteiger partial charge >= 0.3 is 0 Å². The van der Waals surface area contributed by atoms with Crippen molar-refractivity contribution < 1.29 is 26.3 Å². The van der Waals surface area contributed by atoms with Gasteiger partial charge in [0.2, 0.25) is 20.0 Å². The van der Waals surface area contributed by atoms with E-state index >= 15 is 0 Å². The van der Waals surface area contributed by atoms with E-state index < -0.39 is 20.0 Å². The molecule has 0 unspecified atom stereocenters. The van der Waals surface area contributed by atoms with E-state index in [0.717, 1.165) is 5.69 Å². The van der Waals surface area contributed by atoms with E-state index in [1.807, 2.05) is 30.3 Å². The first-order valence-corrected chi connectivity index (χ1v) is 13.8. The number of aromatic nitrogens is 2. The highest BCUT2D eigenvalue weighted by Gasteiger charge is 2.36. The first-order valence-electron chi connectivity index (χ1n) is 10.9. The molecule has 4 rings (SSSR count). The van der Waals surface area contributed by atoms with Crippen LogP contribution in [0.5, 0.6) is 11.5 Å². The van der Waals surface area contributed by atoms with Gasteiger partial charge in [0.05, 0.1) is 36.2 Å². The van der Waals surface area contributed by atoms with Crippen LogP contribution in [0.2, 0.25) is 0 Å². The van der Waals surface area contributed by atoms with Gasteiger partial charge < -0.3 is 9.47 Å². The molecule has 1 fully saturated rings. The van der Waals surface area contributed by atoms with E-state index in [1.54, 1.807) is 18.5 Å². The number of nitrogens with zero attached hydrogens (tertiary/aromatic N) is 4. The van der Waals surface area contributed by atoms with Crippen LogP contribution < -0.4 is 9.47 Å². The number of piperazine rings is 1. The zero-order valence-electron chi connectivity index (χ0n) is 20.0. The van der Waals surface area contributed by atoms with Crippen molar-refractivity contribution in [3.8, 4) is 17.2 Å². The quantitative estimate of drug-likeness (QED) is 0.470. The summed E-state index contributed by atoms with van der Waals surface area (Å²) in [6.45, 7) is 3.50. The standard InChI is InChI=1S/C23H28N4O6S2/c1-17-23(18(2)27(24-17)19-8-6-5-7-9-19)35(30,31)26-14-12-25(13-15-26)34(28,29)20-10-11-21(32-3)22(16-20)33-4/h5-11,16H,12-15H2,1-4H3. The zero-order chi connectivity index (χ0) is 25.4. The molecule has 1 aliphatic heterocycles. The second-order valence-electron chi connectivity index (χ2n) is 8.07. The Morgan fingerprint density at radius 3 is 1.91 bits per heavy atom. The number of sulfonamides is 2. The van der Waals surface area contributed by atoms with E-state index in [9.17, 15) is 16.8 Å². The lowest BCUT2D eigenvalue weighted by molar-refractivity contribution is 0.272. The van der Waals surface area contributed by atoms with Crippen LogP contribution in [0.1, 0.15) is 11.4 Å². The van der Waals surface area contributed by atoms with Crippen LogP contribution in [0.25, 0.3) is 5.69 Å². The summed E-state index contributed by atoms with van der Waals surface area (Å²) in [6, 6.07) is 13.7. The fourth-order valence-corrected chi connectivity index (χ4v) is 7.44. The molecule has 0 N–H and O–H groups in total. The van der Waals surface area contributed by atoms with Gasteiger partial charge in [-0.2, -0.15) is 13.7 Å². The SMILES string of the molecule is COc1ccc(S(=O)(=O)N2CCN(S(=O)(=O)c3c(C)nn(-c4ccccc4)c3C)CC2)cc1OC. The number of hydrogen-bond acceptors (Lipinski definition) is 7. The van der Waals surface area contributed by atoms with Crippen LogP contribution in [-0.4, -0.2) is 75.6 Å². The Morgan fingerprint density at radius 2 is 1.34 bits per heavy atom. The third-order valence-electron chi connectivity index (χ3n) is 6.01. The monoisotopic (exact) mass is 520 g/mol. The van der Waals surface area contributed by atoms with Crippen molar-refractivity contribution >= 4 is 20.0 Å². The number of para-hydroxylation sites is 1. The fraction of sp³-hybridized carbons (Fsp3) is 0.348. The molecule has 1 aromatic heterocycles. The number of rotatable bonds is 7. The maximum Gasteiger partial charge on any atom is 0.246 e. The van der Waals surface area contributed by atoms with E-state index in [0.29, 0.717) is 22.9 Å². The Kier molecular flexibility index (Phi) is 6.91. The van der Waals surface area contributed by atoms with E-state index in [-0.39, 0.29) is 36.0 Å². The molecule has 0 radical (unpaired) electrons. The number of methoxy groups -OCH3 is 2. The topological polar surface area (TPSA) is 111 Å². The van der Waals surface area contributed by atoms with Crippen LogP contribution in [0.15, 0.2) is 58.3 Å². The average Bonchev–Trinajstić information content (AvgIpc) is 3.18. The van der Waals surface area contributed by atoms with E-state index in [4.69, 9.17) is 9.47 Å². The molecule has 35 heavy (non-hydrogen) atoms. The highest BCUT2D eigenvalue weighted by Crippen LogP contribution is 2.32. The smallest absolute Gasteiger partial charge is 0.246 e. The summed E-state index contributed by atoms with van der Waals surface area (Å²) in [5.41, 5.74) is 1.67. The van der Waals surface area contributed by atoms with Crippen LogP contribution >= 0.6 is 0 Å². The molecule has 3 aromatic rings. The number of benzene rings is 2. The third-order valence-corrected chi connectivity index (χ3v) is 10.1. The maximum absolute atomic E-state index is 13.5. The highest BCUT2D eigenvalue weighted by molar-refractivity contribution is 7.89. The van der Waals surface area contributed by atoms with Crippen LogP contribution in [0, 0.1) is 13.8 Å². The van der Waals surface area contributed by atoms with Crippen molar-refractivity contribution in [1.29, 1.82) is 0 Å². The van der Waals surface area contributed by atoms with Gasteiger partial charge in [-0.1, -0.05) is 18.2 Å². The summed E-state index contributed by atoms with van der Waals surface area (Å²) in [5, 5.41) is 4.45.